The molecule has 2 N–H and O–H groups in total. The third-order valence-corrected chi connectivity index (χ3v) is 3.64. The molecule has 3 aromatic rings. The fraction of sp³-hybridized carbons (Fsp3) is 0.167. The Labute approximate surface area is 129 Å². The van der Waals surface area contributed by atoms with E-state index in [1.54, 1.807) is 4.90 Å². The van der Waals surface area contributed by atoms with Crippen molar-refractivity contribution in [2.45, 2.75) is 10.9 Å². The molecule has 0 aliphatic rings. The van der Waals surface area contributed by atoms with Crippen LogP contribution in [0.2, 0.25) is 0 Å². The number of nitrogens with zero attached hydrogens (tertiary/aromatic N) is 6. The largest absolute Gasteiger partial charge is 0.350 e. The molecule has 0 saturated carbocycles. The van der Waals surface area contributed by atoms with Crippen molar-refractivity contribution < 1.29 is 0 Å². The molecule has 112 valence electrons. The Kier molecular flexibility index (Phi) is 4.10. The Morgan fingerprint density at radius 3 is 2.77 bits per heavy atom. The van der Waals surface area contributed by atoms with Gasteiger partial charge in [0.25, 0.3) is 0 Å². The van der Waals surface area contributed by atoms with Gasteiger partial charge < -0.3 is 4.90 Å². The van der Waals surface area contributed by atoms with E-state index in [0.29, 0.717) is 22.7 Å². The quantitative estimate of drug-likeness (QED) is 0.662. The molecule has 3 rings (SSSR count). The van der Waals surface area contributed by atoms with E-state index in [1.807, 2.05) is 37.4 Å². The Hall–Kier alpha value is -2.75. The third kappa shape index (κ3) is 3.28. The number of thioether (sulfide) groups is 1. The van der Waals surface area contributed by atoms with Gasteiger partial charge in [0.1, 0.15) is 0 Å². The van der Waals surface area contributed by atoms with E-state index in [1.165, 1.54) is 11.8 Å². The number of tetrazole rings is 1. The number of anilines is 2. The molecule has 2 aromatic heterocycles. The molecule has 0 aliphatic heterocycles. The highest BCUT2D eigenvalue weighted by molar-refractivity contribution is 7.98. The maximum atomic E-state index is 11.7. The second-order valence-electron chi connectivity index (χ2n) is 4.27. The van der Waals surface area contributed by atoms with Crippen molar-refractivity contribution in [3.8, 4) is 0 Å². The fourth-order valence-electron chi connectivity index (χ4n) is 1.72. The van der Waals surface area contributed by atoms with E-state index in [0.717, 1.165) is 5.69 Å². The summed E-state index contributed by atoms with van der Waals surface area (Å²) in [5, 5.41) is 13.9. The Morgan fingerprint density at radius 1 is 1.23 bits per heavy atom. The van der Waals surface area contributed by atoms with Gasteiger partial charge in [-0.15, -0.1) is 10.2 Å². The van der Waals surface area contributed by atoms with Crippen molar-refractivity contribution in [1.29, 1.82) is 0 Å². The molecular formula is C12H12N8OS. The minimum absolute atomic E-state index is 0.353. The monoisotopic (exact) mass is 316 g/mol. The van der Waals surface area contributed by atoms with Gasteiger partial charge in [-0.25, -0.2) is 4.79 Å². The molecule has 1 aromatic carbocycles. The molecular weight excluding hydrogens is 304 g/mol. The summed E-state index contributed by atoms with van der Waals surface area (Å²) in [4.78, 5) is 24.3. The number of hydrogen-bond acceptors (Lipinski definition) is 8. The summed E-state index contributed by atoms with van der Waals surface area (Å²) in [6.45, 7) is 0. The number of aromatic nitrogens is 7. The maximum Gasteiger partial charge on any atom is 0.350 e. The Bertz CT molecular complexity index is 788. The number of hydrogen-bond donors (Lipinski definition) is 2. The zero-order valence-corrected chi connectivity index (χ0v) is 12.4. The molecule has 0 amide bonds. The molecule has 0 saturated heterocycles. The molecule has 0 spiro atoms. The average molecular weight is 316 g/mol. The van der Waals surface area contributed by atoms with Crippen LogP contribution in [0.1, 0.15) is 5.82 Å². The first kappa shape index (κ1) is 14.2. The third-order valence-electron chi connectivity index (χ3n) is 2.80. The lowest BCUT2D eigenvalue weighted by Gasteiger charge is -2.17. The molecule has 2 heterocycles. The van der Waals surface area contributed by atoms with Crippen molar-refractivity contribution >= 4 is 23.4 Å². The van der Waals surface area contributed by atoms with Gasteiger partial charge in [0.2, 0.25) is 5.95 Å². The fourth-order valence-corrected chi connectivity index (χ4v) is 2.40. The normalized spacial score (nSPS) is 10.6. The highest BCUT2D eigenvalue weighted by Gasteiger charge is 2.10. The van der Waals surface area contributed by atoms with Crippen LogP contribution < -0.4 is 10.6 Å². The van der Waals surface area contributed by atoms with Crippen molar-refractivity contribution in [1.82, 2.24) is 35.6 Å². The average Bonchev–Trinajstić information content (AvgIpc) is 3.06. The molecule has 22 heavy (non-hydrogen) atoms. The van der Waals surface area contributed by atoms with Crippen molar-refractivity contribution in [2.24, 2.45) is 0 Å². The van der Waals surface area contributed by atoms with Gasteiger partial charge in [-0.05, 0) is 12.1 Å². The number of aromatic amines is 2. The highest BCUT2D eigenvalue weighted by Crippen LogP contribution is 2.21. The first-order valence-electron chi connectivity index (χ1n) is 6.34. The van der Waals surface area contributed by atoms with Crippen LogP contribution >= 0.6 is 11.8 Å². The molecule has 0 fully saturated rings. The lowest BCUT2D eigenvalue weighted by molar-refractivity contribution is 0.842. The van der Waals surface area contributed by atoms with Gasteiger partial charge in [-0.3, -0.25) is 4.98 Å². The van der Waals surface area contributed by atoms with Crippen LogP contribution in [-0.4, -0.2) is 42.6 Å². The molecule has 10 heteroatoms. The number of nitrogens with one attached hydrogen (secondary N) is 2. The zero-order valence-electron chi connectivity index (χ0n) is 11.6. The predicted octanol–water partition coefficient (Wildman–Crippen LogP) is 0.738. The van der Waals surface area contributed by atoms with Gasteiger partial charge >= 0.3 is 5.69 Å². The minimum Gasteiger partial charge on any atom is -0.315 e. The van der Waals surface area contributed by atoms with Crippen LogP contribution in [0.5, 0.6) is 0 Å². The van der Waals surface area contributed by atoms with Crippen LogP contribution in [0.25, 0.3) is 0 Å². The molecule has 9 nitrogen and oxygen atoms in total. The topological polar surface area (TPSA) is 116 Å². The van der Waals surface area contributed by atoms with E-state index in [-0.39, 0.29) is 0 Å². The van der Waals surface area contributed by atoms with Gasteiger partial charge in [-0.1, -0.05) is 35.2 Å². The molecule has 0 unspecified atom stereocenters. The van der Waals surface area contributed by atoms with Crippen LogP contribution in [0.4, 0.5) is 11.6 Å². The van der Waals surface area contributed by atoms with E-state index >= 15 is 0 Å². The number of H-pyrrole nitrogens is 2. The summed E-state index contributed by atoms with van der Waals surface area (Å²) in [6, 6.07) is 9.60. The zero-order chi connectivity index (χ0) is 15.4. The van der Waals surface area contributed by atoms with Crippen LogP contribution in [0, 0.1) is 0 Å². The number of benzene rings is 1. The molecule has 0 atom stereocenters. The number of rotatable bonds is 5. The minimum atomic E-state index is -0.455. The van der Waals surface area contributed by atoms with Crippen molar-refractivity contribution in [3.63, 3.8) is 0 Å². The number of para-hydroxylation sites is 1. The van der Waals surface area contributed by atoms with Crippen LogP contribution in [0.15, 0.2) is 40.3 Å². The van der Waals surface area contributed by atoms with E-state index in [2.05, 4.69) is 35.6 Å². The van der Waals surface area contributed by atoms with Crippen LogP contribution in [0.3, 0.4) is 0 Å². The standard InChI is InChI=1S/C12H12N8OS/c1-20(8-5-3-2-4-6-8)10-13-11(21)15-12(14-10)22-7-9-16-18-19-17-9/h2-6H,7H2,1H3,(H,13,14,15,21)(H,16,17,18,19). The van der Waals surface area contributed by atoms with Gasteiger partial charge in [0, 0.05) is 12.7 Å². The SMILES string of the molecule is CN(c1ccccc1)c1nc(SCc2nn[nH]n2)nc(=O)[nH]1. The second kappa shape index (κ2) is 6.35. The Balaban J connectivity index is 1.82. The van der Waals surface area contributed by atoms with Gasteiger partial charge in [-0.2, -0.15) is 15.2 Å². The Morgan fingerprint density at radius 2 is 2.05 bits per heavy atom. The maximum absolute atomic E-state index is 11.7. The summed E-state index contributed by atoms with van der Waals surface area (Å²) in [5.41, 5.74) is 0.453. The van der Waals surface area contributed by atoms with E-state index in [9.17, 15) is 4.79 Å². The molecule has 0 radical (unpaired) electrons. The summed E-state index contributed by atoms with van der Waals surface area (Å²) < 4.78 is 0. The first-order chi connectivity index (χ1) is 10.7. The molecule has 0 bridgehead atoms. The predicted molar refractivity (Wildman–Crippen MR) is 80.9 cm³/mol. The molecule has 0 aliphatic carbocycles. The summed E-state index contributed by atoms with van der Waals surface area (Å²) in [7, 11) is 1.82. The summed E-state index contributed by atoms with van der Waals surface area (Å²) in [6.07, 6.45) is 0. The summed E-state index contributed by atoms with van der Waals surface area (Å²) in [5.74, 6) is 1.36. The van der Waals surface area contributed by atoms with Gasteiger partial charge in [0.05, 0.1) is 5.75 Å². The van der Waals surface area contributed by atoms with Gasteiger partial charge in [0.15, 0.2) is 11.0 Å². The van der Waals surface area contributed by atoms with Crippen LogP contribution in [-0.2, 0) is 5.75 Å². The van der Waals surface area contributed by atoms with E-state index < -0.39 is 5.69 Å². The lowest BCUT2D eigenvalue weighted by atomic mass is 10.3. The highest BCUT2D eigenvalue weighted by atomic mass is 32.2. The second-order valence-corrected chi connectivity index (χ2v) is 5.21. The van der Waals surface area contributed by atoms with Crippen molar-refractivity contribution in [3.05, 3.63) is 46.6 Å². The lowest BCUT2D eigenvalue weighted by Crippen LogP contribution is -2.21. The van der Waals surface area contributed by atoms with Crippen molar-refractivity contribution in [2.75, 3.05) is 11.9 Å². The van der Waals surface area contributed by atoms with E-state index in [4.69, 9.17) is 0 Å². The smallest absolute Gasteiger partial charge is 0.315 e. The summed E-state index contributed by atoms with van der Waals surface area (Å²) >= 11 is 1.27. The first-order valence-corrected chi connectivity index (χ1v) is 7.33.